The molecule has 1 aliphatic rings. The lowest BCUT2D eigenvalue weighted by Crippen LogP contribution is -2.50. The number of para-hydroxylation sites is 1. The van der Waals surface area contributed by atoms with Gasteiger partial charge in [0.2, 0.25) is 5.91 Å². The van der Waals surface area contributed by atoms with Crippen molar-refractivity contribution in [1.29, 1.82) is 0 Å². The summed E-state index contributed by atoms with van der Waals surface area (Å²) in [6, 6.07) is 18.6. The largest absolute Gasteiger partial charge is 0.486 e. The average molecular weight is 474 g/mol. The predicted octanol–water partition coefficient (Wildman–Crippen LogP) is 3.82. The van der Waals surface area contributed by atoms with Crippen molar-refractivity contribution in [2.75, 3.05) is 38.0 Å². The van der Waals surface area contributed by atoms with Crippen LogP contribution in [0.2, 0.25) is 0 Å². The number of anilines is 1. The summed E-state index contributed by atoms with van der Waals surface area (Å²) >= 11 is 0. The first-order chi connectivity index (χ1) is 15.6. The number of ether oxygens (including phenoxy) is 1. The van der Waals surface area contributed by atoms with E-state index in [1.807, 2.05) is 35.2 Å². The summed E-state index contributed by atoms with van der Waals surface area (Å²) < 4.78 is 24.6. The van der Waals surface area contributed by atoms with E-state index in [0.29, 0.717) is 37.6 Å². The lowest BCUT2D eigenvalue weighted by Gasteiger charge is -2.33. The number of carbonyl (C=O) groups excluding carboxylic acids is 2. The highest BCUT2D eigenvalue weighted by atomic mass is 35.5. The number of carbonyl (C=O) groups is 2. The van der Waals surface area contributed by atoms with Crippen LogP contribution in [0, 0.1) is 5.82 Å². The van der Waals surface area contributed by atoms with Gasteiger partial charge in [-0.1, -0.05) is 24.3 Å². The van der Waals surface area contributed by atoms with Crippen molar-refractivity contribution in [2.45, 2.75) is 6.61 Å². The summed E-state index contributed by atoms with van der Waals surface area (Å²) in [6.07, 6.45) is 0. The lowest BCUT2D eigenvalue weighted by molar-refractivity contribution is -0.117. The van der Waals surface area contributed by atoms with Gasteiger partial charge in [-0.3, -0.25) is 14.5 Å². The topological polar surface area (TPSA) is 75.0 Å². The molecule has 0 bridgehead atoms. The molecule has 7 nitrogen and oxygen atoms in total. The van der Waals surface area contributed by atoms with Crippen LogP contribution in [0.5, 0.6) is 5.75 Å². The maximum absolute atomic E-state index is 13.2. The molecule has 1 N–H and O–H groups in total. The molecule has 9 heteroatoms. The number of nitrogens with zero attached hydrogens (tertiary/aromatic N) is 2. The predicted molar refractivity (Wildman–Crippen MR) is 124 cm³/mol. The van der Waals surface area contributed by atoms with Crippen molar-refractivity contribution in [2.24, 2.45) is 0 Å². The highest BCUT2D eigenvalue weighted by molar-refractivity contribution is 5.92. The van der Waals surface area contributed by atoms with Gasteiger partial charge >= 0.3 is 0 Å². The van der Waals surface area contributed by atoms with Gasteiger partial charge in [-0.15, -0.1) is 12.4 Å². The van der Waals surface area contributed by atoms with Gasteiger partial charge < -0.3 is 19.4 Å². The van der Waals surface area contributed by atoms with Crippen molar-refractivity contribution in [1.82, 2.24) is 9.80 Å². The number of amides is 2. The Morgan fingerprint density at radius 3 is 2.45 bits per heavy atom. The van der Waals surface area contributed by atoms with Crippen molar-refractivity contribution < 1.29 is 23.1 Å². The van der Waals surface area contributed by atoms with E-state index in [0.717, 1.165) is 5.75 Å². The number of hydrogen-bond acceptors (Lipinski definition) is 5. The Labute approximate surface area is 197 Å². The van der Waals surface area contributed by atoms with Crippen LogP contribution in [0.25, 0.3) is 0 Å². The molecule has 174 valence electrons. The number of halogens is 2. The zero-order valence-electron chi connectivity index (χ0n) is 17.9. The molecule has 0 unspecified atom stereocenters. The smallest absolute Gasteiger partial charge is 0.289 e. The molecule has 2 aromatic carbocycles. The Hall–Kier alpha value is -3.36. The Morgan fingerprint density at radius 1 is 0.970 bits per heavy atom. The molecule has 1 aliphatic heterocycles. The molecule has 2 heterocycles. The second kappa shape index (κ2) is 11.5. The molecule has 1 fully saturated rings. The fourth-order valence-corrected chi connectivity index (χ4v) is 3.48. The van der Waals surface area contributed by atoms with Crippen LogP contribution in [-0.4, -0.2) is 54.3 Å². The summed E-state index contributed by atoms with van der Waals surface area (Å²) in [7, 11) is 0. The normalized spacial score (nSPS) is 13.8. The van der Waals surface area contributed by atoms with E-state index in [1.54, 1.807) is 29.2 Å². The summed E-state index contributed by atoms with van der Waals surface area (Å²) in [4.78, 5) is 28.6. The van der Waals surface area contributed by atoms with Gasteiger partial charge in [0.15, 0.2) is 5.76 Å². The van der Waals surface area contributed by atoms with Gasteiger partial charge in [0.05, 0.1) is 6.54 Å². The summed E-state index contributed by atoms with van der Waals surface area (Å²) in [5.74, 6) is 0.778. The van der Waals surface area contributed by atoms with Gasteiger partial charge in [0.25, 0.3) is 5.91 Å². The molecule has 33 heavy (non-hydrogen) atoms. The molecule has 2 amide bonds. The zero-order chi connectivity index (χ0) is 22.3. The first-order valence-corrected chi connectivity index (χ1v) is 10.4. The molecular weight excluding hydrogens is 449 g/mol. The van der Waals surface area contributed by atoms with Crippen LogP contribution in [0.3, 0.4) is 0 Å². The molecule has 3 aromatic rings. The number of hydrogen-bond donors (Lipinski definition) is 1. The lowest BCUT2D eigenvalue weighted by atomic mass is 10.2. The minimum Gasteiger partial charge on any atom is -0.486 e. The van der Waals surface area contributed by atoms with Gasteiger partial charge in [0.1, 0.15) is 23.9 Å². The first kappa shape index (κ1) is 24.3. The van der Waals surface area contributed by atoms with Crippen molar-refractivity contribution in [3.63, 3.8) is 0 Å². The fraction of sp³-hybridized carbons (Fsp3) is 0.250. The average Bonchev–Trinajstić information content (AvgIpc) is 3.27. The monoisotopic (exact) mass is 473 g/mol. The highest BCUT2D eigenvalue weighted by Gasteiger charge is 2.25. The maximum Gasteiger partial charge on any atom is 0.289 e. The van der Waals surface area contributed by atoms with E-state index in [4.69, 9.17) is 9.15 Å². The molecule has 4 rings (SSSR count). The minimum atomic E-state index is -0.400. The van der Waals surface area contributed by atoms with E-state index >= 15 is 0 Å². The van der Waals surface area contributed by atoms with Crippen LogP contribution < -0.4 is 10.1 Å². The summed E-state index contributed by atoms with van der Waals surface area (Å²) in [5, 5.41) is 2.69. The van der Waals surface area contributed by atoms with Crippen molar-refractivity contribution >= 4 is 29.9 Å². The molecule has 0 atom stereocenters. The van der Waals surface area contributed by atoms with Crippen LogP contribution in [-0.2, 0) is 11.4 Å². The maximum atomic E-state index is 13.2. The zero-order valence-corrected chi connectivity index (χ0v) is 18.7. The third-order valence-corrected chi connectivity index (χ3v) is 5.13. The van der Waals surface area contributed by atoms with Gasteiger partial charge in [-0.2, -0.15) is 0 Å². The molecule has 0 spiro atoms. The second-order valence-electron chi connectivity index (χ2n) is 7.49. The van der Waals surface area contributed by atoms with Gasteiger partial charge in [0, 0.05) is 31.9 Å². The van der Waals surface area contributed by atoms with Crippen molar-refractivity contribution in [3.8, 4) is 5.75 Å². The number of furan rings is 1. The highest BCUT2D eigenvalue weighted by Crippen LogP contribution is 2.16. The Morgan fingerprint density at radius 2 is 1.73 bits per heavy atom. The number of piperazine rings is 1. The number of nitrogens with one attached hydrogen (secondary N) is 1. The molecule has 0 aliphatic carbocycles. The molecular formula is C24H25ClFN3O4. The van der Waals surface area contributed by atoms with Crippen LogP contribution >= 0.6 is 12.4 Å². The Balaban J connectivity index is 0.00000306. The quantitative estimate of drug-likeness (QED) is 0.564. The van der Waals surface area contributed by atoms with Crippen LogP contribution in [0.4, 0.5) is 10.1 Å². The molecule has 1 aromatic heterocycles. The fourth-order valence-electron chi connectivity index (χ4n) is 3.48. The summed E-state index contributed by atoms with van der Waals surface area (Å²) in [5.41, 5.74) is 0.425. The van der Waals surface area contributed by atoms with E-state index < -0.39 is 5.82 Å². The van der Waals surface area contributed by atoms with E-state index in [1.165, 1.54) is 12.1 Å². The van der Waals surface area contributed by atoms with E-state index in [2.05, 4.69) is 5.32 Å². The minimum absolute atomic E-state index is 0. The second-order valence-corrected chi connectivity index (χ2v) is 7.49. The van der Waals surface area contributed by atoms with E-state index in [-0.39, 0.29) is 43.1 Å². The Bertz CT molecular complexity index is 1070. The van der Waals surface area contributed by atoms with Crippen LogP contribution in [0.15, 0.2) is 71.1 Å². The van der Waals surface area contributed by atoms with Gasteiger partial charge in [-0.25, -0.2) is 4.39 Å². The standard InChI is InChI=1S/C24H24FN3O4.ClH/c25-18-5-4-6-19(15-18)26-23(29)16-27-11-13-28(14-12-27)24(30)22-10-9-21(32-22)17-31-20-7-2-1-3-8-20;/h1-10,15H,11-14,16-17H2,(H,26,29);1H. The van der Waals surface area contributed by atoms with Crippen LogP contribution in [0.1, 0.15) is 16.3 Å². The van der Waals surface area contributed by atoms with E-state index in [9.17, 15) is 14.0 Å². The molecule has 0 radical (unpaired) electrons. The molecule has 0 saturated carbocycles. The SMILES string of the molecule is Cl.O=C(CN1CCN(C(=O)c2ccc(COc3ccccc3)o2)CC1)Nc1cccc(F)c1. The number of rotatable bonds is 7. The summed E-state index contributed by atoms with van der Waals surface area (Å²) in [6.45, 7) is 2.52. The first-order valence-electron chi connectivity index (χ1n) is 10.4. The third kappa shape index (κ3) is 6.81. The third-order valence-electron chi connectivity index (χ3n) is 5.13. The molecule has 1 saturated heterocycles. The van der Waals surface area contributed by atoms with Gasteiger partial charge in [-0.05, 0) is 42.5 Å². The number of benzene rings is 2. The Kier molecular flexibility index (Phi) is 8.46. The van der Waals surface area contributed by atoms with Crippen molar-refractivity contribution in [3.05, 3.63) is 84.1 Å².